The molecule has 3 amide bonds. The molecule has 0 aromatic heterocycles. The first-order valence-corrected chi connectivity index (χ1v) is 10.5. The quantitative estimate of drug-likeness (QED) is 0.316. The van der Waals surface area contributed by atoms with Crippen LogP contribution in [-0.2, 0) is 14.3 Å². The first-order valence-electron chi connectivity index (χ1n) is 9.36. The molecule has 1 fully saturated rings. The molecule has 1 saturated carbocycles. The van der Waals surface area contributed by atoms with Gasteiger partial charge in [-0.1, -0.05) is 11.6 Å². The van der Waals surface area contributed by atoms with Crippen molar-refractivity contribution in [3.05, 3.63) is 52.6 Å². The third-order valence-corrected chi connectivity index (χ3v) is 5.73. The van der Waals surface area contributed by atoms with Gasteiger partial charge in [-0.2, -0.15) is 8.78 Å². The van der Waals surface area contributed by atoms with E-state index in [2.05, 4.69) is 15.4 Å². The smallest absolute Gasteiger partial charge is 0.326 e. The Hall–Kier alpha value is -2.60. The van der Waals surface area contributed by atoms with Gasteiger partial charge in [0.2, 0.25) is 5.91 Å². The summed E-state index contributed by atoms with van der Waals surface area (Å²) in [6.07, 6.45) is 0.264. The van der Waals surface area contributed by atoms with Crippen LogP contribution in [0.3, 0.4) is 0 Å². The molecule has 14 heteroatoms. The minimum atomic E-state index is -3.26. The maximum atomic E-state index is 14.7. The minimum absolute atomic E-state index is 0.0499. The zero-order valence-corrected chi connectivity index (χ0v) is 19.0. The molecule has 0 spiro atoms. The summed E-state index contributed by atoms with van der Waals surface area (Å²) in [5.74, 6) is -5.88. The maximum Gasteiger partial charge on any atom is 0.345 e. The number of ether oxygens (including phenoxy) is 1. The van der Waals surface area contributed by atoms with Crippen LogP contribution in [0.1, 0.15) is 16.8 Å². The van der Waals surface area contributed by atoms with Gasteiger partial charge in [-0.15, -0.1) is 23.2 Å². The van der Waals surface area contributed by atoms with Gasteiger partial charge in [0.05, 0.1) is 22.2 Å². The lowest BCUT2D eigenvalue weighted by Gasteiger charge is -2.13. The topological polar surface area (TPSA) is 96.5 Å². The van der Waals surface area contributed by atoms with Crippen LogP contribution in [0.5, 0.6) is 0 Å². The number of amides is 3. The van der Waals surface area contributed by atoms with Crippen LogP contribution < -0.4 is 16.0 Å². The molecule has 34 heavy (non-hydrogen) atoms. The molecule has 182 valence electrons. The summed E-state index contributed by atoms with van der Waals surface area (Å²) in [5, 5.41) is 6.41. The summed E-state index contributed by atoms with van der Waals surface area (Å²) >= 11 is 17.8. The van der Waals surface area contributed by atoms with Gasteiger partial charge in [-0.05, 0) is 36.8 Å². The van der Waals surface area contributed by atoms with Gasteiger partial charge < -0.3 is 20.7 Å². The van der Waals surface area contributed by atoms with Crippen LogP contribution in [-0.4, -0.2) is 35.3 Å². The van der Waals surface area contributed by atoms with E-state index in [1.807, 2.05) is 0 Å². The average Bonchev–Trinajstić information content (AvgIpc) is 3.41. The van der Waals surface area contributed by atoms with E-state index >= 15 is 0 Å². The fourth-order valence-corrected chi connectivity index (χ4v) is 3.48. The molecule has 0 aliphatic heterocycles. The van der Waals surface area contributed by atoms with Gasteiger partial charge in [0.1, 0.15) is 22.4 Å². The lowest BCUT2D eigenvalue weighted by atomic mass is 10.1. The second-order valence-corrected chi connectivity index (χ2v) is 9.01. The number of hydrogen-bond acceptors (Lipinski definition) is 4. The van der Waals surface area contributed by atoms with E-state index in [1.165, 1.54) is 18.2 Å². The van der Waals surface area contributed by atoms with E-state index in [0.717, 1.165) is 12.1 Å². The number of nitrogens with one attached hydrogen (secondary N) is 3. The Morgan fingerprint density at radius 3 is 2.38 bits per heavy atom. The number of carbonyl (C=O) groups is 3. The maximum absolute atomic E-state index is 14.7. The van der Waals surface area contributed by atoms with Gasteiger partial charge in [-0.3, -0.25) is 14.4 Å². The number of anilines is 3. The number of carbonyl (C=O) groups excluding carboxylic acids is 3. The second kappa shape index (κ2) is 10.3. The van der Waals surface area contributed by atoms with Crippen molar-refractivity contribution in [3.8, 4) is 0 Å². The summed E-state index contributed by atoms with van der Waals surface area (Å²) in [5.41, 5.74) is -1.52. The Morgan fingerprint density at radius 1 is 1.09 bits per heavy atom. The van der Waals surface area contributed by atoms with Crippen molar-refractivity contribution in [1.82, 2.24) is 0 Å². The fourth-order valence-electron chi connectivity index (χ4n) is 2.77. The highest BCUT2D eigenvalue weighted by Gasteiger charge is 2.56. The Kier molecular flexibility index (Phi) is 7.91. The molecule has 1 unspecified atom stereocenters. The molecule has 0 saturated heterocycles. The van der Waals surface area contributed by atoms with E-state index in [9.17, 15) is 31.9 Å². The third kappa shape index (κ3) is 6.29. The van der Waals surface area contributed by atoms with Gasteiger partial charge >= 0.3 is 6.61 Å². The van der Waals surface area contributed by atoms with Crippen molar-refractivity contribution in [3.63, 3.8) is 0 Å². The zero-order chi connectivity index (χ0) is 25.2. The molecule has 2 aromatic carbocycles. The fraction of sp³-hybridized carbons (Fsp3) is 0.250. The first-order chi connectivity index (χ1) is 15.9. The molecule has 3 rings (SSSR count). The summed E-state index contributed by atoms with van der Waals surface area (Å²) in [6, 6.07) is 5.55. The monoisotopic (exact) mass is 541 g/mol. The molecule has 1 aliphatic rings. The van der Waals surface area contributed by atoms with Crippen LogP contribution >= 0.6 is 34.8 Å². The standard InChI is InChI=1S/C20H14Cl3F4N3O4/c21-11-2-1-8(28-18(33)10-6-20(10,22)23)5-9(11)17(32)29-13-4-3-12(24)16(15(13)25)30-14(31)7-34-19(26)27/h1-5,10,19H,6-7H2,(H,28,33)(H,29,32)(H,30,31). The number of halogens is 7. The van der Waals surface area contributed by atoms with Crippen LogP contribution in [0.15, 0.2) is 30.3 Å². The zero-order valence-electron chi connectivity index (χ0n) is 16.7. The van der Waals surface area contributed by atoms with Crippen LogP contribution in [0.25, 0.3) is 0 Å². The van der Waals surface area contributed by atoms with Crippen molar-refractivity contribution in [1.29, 1.82) is 0 Å². The predicted octanol–water partition coefficient (Wildman–Crippen LogP) is 5.18. The minimum Gasteiger partial charge on any atom is -0.326 e. The second-order valence-electron chi connectivity index (χ2n) is 7.06. The van der Waals surface area contributed by atoms with E-state index in [1.54, 1.807) is 5.32 Å². The highest BCUT2D eigenvalue weighted by Crippen LogP contribution is 2.53. The highest BCUT2D eigenvalue weighted by molar-refractivity contribution is 6.52. The number of benzene rings is 2. The lowest BCUT2D eigenvalue weighted by Crippen LogP contribution is -2.22. The van der Waals surface area contributed by atoms with Crippen molar-refractivity contribution < 1.29 is 36.7 Å². The Labute approximate surface area is 204 Å². The molecule has 1 atom stereocenters. The molecule has 1 aliphatic carbocycles. The molecule has 0 radical (unpaired) electrons. The Balaban J connectivity index is 1.75. The lowest BCUT2D eigenvalue weighted by molar-refractivity contribution is -0.148. The first kappa shape index (κ1) is 26.0. The van der Waals surface area contributed by atoms with Crippen molar-refractivity contribution >= 4 is 69.6 Å². The summed E-state index contributed by atoms with van der Waals surface area (Å²) in [6.45, 7) is -4.41. The predicted molar refractivity (Wildman–Crippen MR) is 118 cm³/mol. The van der Waals surface area contributed by atoms with Gasteiger partial charge in [0.15, 0.2) is 5.82 Å². The summed E-state index contributed by atoms with van der Waals surface area (Å²) in [4.78, 5) is 36.4. The highest BCUT2D eigenvalue weighted by atomic mass is 35.5. The van der Waals surface area contributed by atoms with Crippen molar-refractivity contribution in [2.24, 2.45) is 5.92 Å². The molecule has 3 N–H and O–H groups in total. The normalized spacial score (nSPS) is 16.2. The van der Waals surface area contributed by atoms with Gasteiger partial charge in [-0.25, -0.2) is 8.78 Å². The van der Waals surface area contributed by atoms with Gasteiger partial charge in [0.25, 0.3) is 11.8 Å². The molecular weight excluding hydrogens is 529 g/mol. The Morgan fingerprint density at radius 2 is 1.76 bits per heavy atom. The van der Waals surface area contributed by atoms with Gasteiger partial charge in [0, 0.05) is 5.69 Å². The molecule has 0 bridgehead atoms. The van der Waals surface area contributed by atoms with E-state index in [4.69, 9.17) is 34.8 Å². The molecule has 0 heterocycles. The largest absolute Gasteiger partial charge is 0.345 e. The number of hydrogen-bond donors (Lipinski definition) is 3. The van der Waals surface area contributed by atoms with E-state index in [0.29, 0.717) is 0 Å². The summed E-state index contributed by atoms with van der Waals surface area (Å²) in [7, 11) is 0. The van der Waals surface area contributed by atoms with Crippen LogP contribution in [0, 0.1) is 17.6 Å². The Bertz CT molecular complexity index is 1150. The average molecular weight is 543 g/mol. The van der Waals surface area contributed by atoms with E-state index in [-0.39, 0.29) is 22.7 Å². The van der Waals surface area contributed by atoms with Crippen molar-refractivity contribution in [2.45, 2.75) is 17.4 Å². The van der Waals surface area contributed by atoms with E-state index < -0.39 is 64.2 Å². The molecule has 7 nitrogen and oxygen atoms in total. The van der Waals surface area contributed by atoms with Crippen molar-refractivity contribution in [2.75, 3.05) is 22.6 Å². The van der Waals surface area contributed by atoms with Crippen LogP contribution in [0.4, 0.5) is 34.6 Å². The SMILES string of the molecule is O=C(COC(F)F)Nc1c(F)ccc(NC(=O)c2cc(NC(=O)C3CC3(Cl)Cl)ccc2Cl)c1F. The summed E-state index contributed by atoms with van der Waals surface area (Å²) < 4.78 is 55.4. The number of alkyl halides is 4. The molecule has 2 aromatic rings. The van der Waals surface area contributed by atoms with Crippen LogP contribution in [0.2, 0.25) is 5.02 Å². The number of rotatable bonds is 8. The third-order valence-electron chi connectivity index (χ3n) is 4.57. The molecular formula is C20H14Cl3F4N3O4.